The summed E-state index contributed by atoms with van der Waals surface area (Å²) in [6.07, 6.45) is 0. The third-order valence-electron chi connectivity index (χ3n) is 3.60. The Kier molecular flexibility index (Phi) is 6.51. The lowest BCUT2D eigenvalue weighted by Crippen LogP contribution is -2.31. The van der Waals surface area contributed by atoms with E-state index in [2.05, 4.69) is 5.32 Å². The Hall–Kier alpha value is -2.89. The summed E-state index contributed by atoms with van der Waals surface area (Å²) in [6, 6.07) is 12.8. The average molecular weight is 344 g/mol. The van der Waals surface area contributed by atoms with Crippen molar-refractivity contribution in [1.82, 2.24) is 4.90 Å². The molecule has 0 atom stereocenters. The molecule has 5 nitrogen and oxygen atoms in total. The van der Waals surface area contributed by atoms with E-state index in [1.54, 1.807) is 55.3 Å². The summed E-state index contributed by atoms with van der Waals surface area (Å²) in [5.41, 5.74) is 2.06. The van der Waals surface area contributed by atoms with Crippen molar-refractivity contribution in [1.29, 1.82) is 0 Å². The van der Waals surface area contributed by atoms with Gasteiger partial charge in [-0.15, -0.1) is 0 Å². The molecule has 6 heteroatoms. The van der Waals surface area contributed by atoms with Crippen LogP contribution in [0.25, 0.3) is 0 Å². The number of halogens is 1. The zero-order valence-electron chi connectivity index (χ0n) is 14.3. The Morgan fingerprint density at radius 1 is 1.08 bits per heavy atom. The van der Waals surface area contributed by atoms with Crippen molar-refractivity contribution in [3.8, 4) is 0 Å². The van der Waals surface area contributed by atoms with E-state index in [0.717, 1.165) is 11.3 Å². The number of anilines is 1. The van der Waals surface area contributed by atoms with Crippen molar-refractivity contribution < 1.29 is 18.7 Å². The van der Waals surface area contributed by atoms with Crippen molar-refractivity contribution in [3.05, 3.63) is 65.5 Å². The van der Waals surface area contributed by atoms with E-state index in [4.69, 9.17) is 4.74 Å². The molecule has 2 aromatic rings. The molecule has 132 valence electrons. The van der Waals surface area contributed by atoms with Gasteiger partial charge in [0.15, 0.2) is 0 Å². The fourth-order valence-electron chi connectivity index (χ4n) is 2.20. The Labute approximate surface area is 146 Å². The number of ether oxygens (including phenoxy) is 1. The van der Waals surface area contributed by atoms with Gasteiger partial charge in [-0.05, 0) is 48.9 Å². The van der Waals surface area contributed by atoms with Gasteiger partial charge in [0.25, 0.3) is 0 Å². The zero-order chi connectivity index (χ0) is 18.2. The summed E-state index contributed by atoms with van der Waals surface area (Å²) >= 11 is 0. The molecule has 1 amide bonds. The van der Waals surface area contributed by atoms with Gasteiger partial charge in [-0.3, -0.25) is 4.79 Å². The quantitative estimate of drug-likeness (QED) is 0.784. The van der Waals surface area contributed by atoms with Crippen molar-refractivity contribution in [2.24, 2.45) is 0 Å². The Balaban J connectivity index is 1.84. The molecular formula is C19H21FN2O3. The highest BCUT2D eigenvalue weighted by Gasteiger charge is 2.10. The number of likely N-dealkylation sites (N-methyl/N-ethyl adjacent to an activating group) is 1. The number of nitrogens with one attached hydrogen (secondary N) is 1. The molecule has 1 N–H and O–H groups in total. The number of carbonyl (C=O) groups is 2. The largest absolute Gasteiger partial charge is 0.462 e. The van der Waals surface area contributed by atoms with Crippen LogP contribution in [0, 0.1) is 5.82 Å². The molecular weight excluding hydrogens is 323 g/mol. The number of nitrogens with zero attached hydrogens (tertiary/aromatic N) is 1. The monoisotopic (exact) mass is 344 g/mol. The zero-order valence-corrected chi connectivity index (χ0v) is 14.3. The van der Waals surface area contributed by atoms with Crippen molar-refractivity contribution in [2.45, 2.75) is 13.5 Å². The van der Waals surface area contributed by atoms with Gasteiger partial charge in [0.2, 0.25) is 5.91 Å². The van der Waals surface area contributed by atoms with Crippen molar-refractivity contribution >= 4 is 17.6 Å². The van der Waals surface area contributed by atoms with E-state index in [9.17, 15) is 14.0 Å². The molecule has 2 aromatic carbocycles. The topological polar surface area (TPSA) is 58.6 Å². The first-order valence-corrected chi connectivity index (χ1v) is 7.99. The van der Waals surface area contributed by atoms with E-state index in [-0.39, 0.29) is 24.2 Å². The maximum atomic E-state index is 12.9. The smallest absolute Gasteiger partial charge is 0.338 e. The van der Waals surface area contributed by atoms with Gasteiger partial charge in [0.05, 0.1) is 18.7 Å². The van der Waals surface area contributed by atoms with Crippen LogP contribution < -0.4 is 5.32 Å². The van der Waals surface area contributed by atoms with Crippen LogP contribution >= 0.6 is 0 Å². The molecule has 0 radical (unpaired) electrons. The van der Waals surface area contributed by atoms with Gasteiger partial charge in [-0.1, -0.05) is 12.1 Å². The fourth-order valence-corrected chi connectivity index (χ4v) is 2.20. The summed E-state index contributed by atoms with van der Waals surface area (Å²) in [5, 5.41) is 3.02. The third kappa shape index (κ3) is 5.60. The minimum Gasteiger partial charge on any atom is -0.462 e. The Bertz CT molecular complexity index is 714. The van der Waals surface area contributed by atoms with Gasteiger partial charge >= 0.3 is 5.97 Å². The van der Waals surface area contributed by atoms with Crippen molar-refractivity contribution in [3.63, 3.8) is 0 Å². The molecule has 0 aliphatic rings. The molecule has 0 aliphatic heterocycles. The van der Waals surface area contributed by atoms with Gasteiger partial charge < -0.3 is 15.0 Å². The van der Waals surface area contributed by atoms with Crippen LogP contribution in [-0.2, 0) is 16.1 Å². The summed E-state index contributed by atoms with van der Waals surface area (Å²) in [4.78, 5) is 25.3. The maximum absolute atomic E-state index is 12.9. The van der Waals surface area contributed by atoms with Crippen LogP contribution in [0.3, 0.4) is 0 Å². The van der Waals surface area contributed by atoms with Crippen molar-refractivity contribution in [2.75, 3.05) is 25.5 Å². The number of esters is 1. The van der Waals surface area contributed by atoms with Crippen LogP contribution in [0.15, 0.2) is 48.5 Å². The van der Waals surface area contributed by atoms with Gasteiger partial charge in [0.1, 0.15) is 5.82 Å². The maximum Gasteiger partial charge on any atom is 0.338 e. The fraction of sp³-hybridized carbons (Fsp3) is 0.263. The molecule has 0 spiro atoms. The predicted molar refractivity (Wildman–Crippen MR) is 93.8 cm³/mol. The summed E-state index contributed by atoms with van der Waals surface area (Å²) < 4.78 is 17.8. The molecule has 2 rings (SSSR count). The molecule has 25 heavy (non-hydrogen) atoms. The van der Waals surface area contributed by atoms with Gasteiger partial charge in [-0.2, -0.15) is 0 Å². The molecule has 0 fully saturated rings. The predicted octanol–water partition coefficient (Wildman–Crippen LogP) is 3.07. The summed E-state index contributed by atoms with van der Waals surface area (Å²) in [5.74, 6) is -0.770. The van der Waals surface area contributed by atoms with E-state index in [1.165, 1.54) is 12.1 Å². The molecule has 0 aliphatic carbocycles. The highest BCUT2D eigenvalue weighted by molar-refractivity contribution is 5.90. The van der Waals surface area contributed by atoms with E-state index in [1.807, 2.05) is 0 Å². The molecule has 0 unspecified atom stereocenters. The first-order chi connectivity index (χ1) is 12.0. The second-order valence-electron chi connectivity index (χ2n) is 5.53. The summed E-state index contributed by atoms with van der Waals surface area (Å²) in [6.45, 7) is 2.61. The van der Waals surface area contributed by atoms with Crippen LogP contribution in [0.5, 0.6) is 0 Å². The SMILES string of the molecule is CCOC(=O)c1ccc(NCC(=O)N(C)Cc2ccc(F)cc2)cc1. The standard InChI is InChI=1S/C19H21FN2O3/c1-3-25-19(24)15-6-10-17(11-7-15)21-12-18(23)22(2)13-14-4-8-16(20)9-5-14/h4-11,21H,3,12-13H2,1-2H3. The number of carbonyl (C=O) groups excluding carboxylic acids is 2. The van der Waals surface area contributed by atoms with Crippen LogP contribution in [0.4, 0.5) is 10.1 Å². The first-order valence-electron chi connectivity index (χ1n) is 7.99. The van der Waals surface area contributed by atoms with E-state index < -0.39 is 0 Å². The lowest BCUT2D eigenvalue weighted by molar-refractivity contribution is -0.128. The first kappa shape index (κ1) is 18.4. The third-order valence-corrected chi connectivity index (χ3v) is 3.60. The highest BCUT2D eigenvalue weighted by Crippen LogP contribution is 2.11. The number of hydrogen-bond acceptors (Lipinski definition) is 4. The van der Waals surface area contributed by atoms with E-state index >= 15 is 0 Å². The Morgan fingerprint density at radius 3 is 2.32 bits per heavy atom. The molecule has 0 heterocycles. The van der Waals surface area contributed by atoms with Crippen LogP contribution in [0.1, 0.15) is 22.8 Å². The number of rotatable bonds is 7. The number of hydrogen-bond donors (Lipinski definition) is 1. The summed E-state index contributed by atoms with van der Waals surface area (Å²) in [7, 11) is 1.69. The van der Waals surface area contributed by atoms with Crippen LogP contribution in [-0.4, -0.2) is 37.0 Å². The van der Waals surface area contributed by atoms with Crippen LogP contribution in [0.2, 0.25) is 0 Å². The normalized spacial score (nSPS) is 10.2. The average Bonchev–Trinajstić information content (AvgIpc) is 2.62. The minimum atomic E-state index is -0.371. The van der Waals surface area contributed by atoms with Gasteiger partial charge in [0, 0.05) is 19.3 Å². The number of amides is 1. The molecule has 0 saturated heterocycles. The lowest BCUT2D eigenvalue weighted by atomic mass is 10.2. The van der Waals surface area contributed by atoms with E-state index in [0.29, 0.717) is 18.7 Å². The van der Waals surface area contributed by atoms with Gasteiger partial charge in [-0.25, -0.2) is 9.18 Å². The lowest BCUT2D eigenvalue weighted by Gasteiger charge is -2.18. The molecule has 0 saturated carbocycles. The second-order valence-corrected chi connectivity index (χ2v) is 5.53. The molecule has 0 aromatic heterocycles. The number of benzene rings is 2. The Morgan fingerprint density at radius 2 is 1.72 bits per heavy atom. The molecule has 0 bridgehead atoms. The highest BCUT2D eigenvalue weighted by atomic mass is 19.1. The minimum absolute atomic E-state index is 0.0983. The second kappa shape index (κ2) is 8.82.